The summed E-state index contributed by atoms with van der Waals surface area (Å²) in [7, 11) is 0. The first kappa shape index (κ1) is 14.4. The lowest BCUT2D eigenvalue weighted by Crippen LogP contribution is -2.25. The van der Waals surface area contributed by atoms with Gasteiger partial charge in [0.25, 0.3) is 0 Å². The zero-order valence-electron chi connectivity index (χ0n) is 11.5. The Balaban J connectivity index is 2.19. The van der Waals surface area contributed by atoms with E-state index in [0.717, 1.165) is 24.2 Å². The van der Waals surface area contributed by atoms with Crippen LogP contribution in [0.25, 0.3) is 0 Å². The molecule has 0 bridgehead atoms. The number of pyridine rings is 2. The normalized spacial score (nSPS) is 12.3. The number of hydrogen-bond acceptors (Lipinski definition) is 4. The molecule has 0 fully saturated rings. The number of nitrogens with zero attached hydrogens (tertiary/aromatic N) is 2. The predicted molar refractivity (Wildman–Crippen MR) is 77.6 cm³/mol. The van der Waals surface area contributed by atoms with Gasteiger partial charge in [-0.05, 0) is 43.1 Å². The van der Waals surface area contributed by atoms with Crippen LogP contribution in [0.5, 0.6) is 0 Å². The summed E-state index contributed by atoms with van der Waals surface area (Å²) in [6, 6.07) is 4.91. The Morgan fingerprint density at radius 2 is 2.15 bits per heavy atom. The van der Waals surface area contributed by atoms with Crippen LogP contribution in [0.4, 0.5) is 10.1 Å². The third-order valence-electron chi connectivity index (χ3n) is 3.11. The summed E-state index contributed by atoms with van der Waals surface area (Å²) in [5, 5.41) is 3.41. The van der Waals surface area contributed by atoms with Crippen molar-refractivity contribution in [3.8, 4) is 0 Å². The maximum atomic E-state index is 13.0. The number of hydrogen-bond donors (Lipinski definition) is 2. The van der Waals surface area contributed by atoms with Crippen LogP contribution in [0.15, 0.2) is 36.8 Å². The number of nitrogens with two attached hydrogens (primary N) is 1. The number of anilines is 1. The van der Waals surface area contributed by atoms with Crippen molar-refractivity contribution in [3.05, 3.63) is 53.9 Å². The molecule has 0 aliphatic carbocycles. The van der Waals surface area contributed by atoms with Crippen molar-refractivity contribution < 1.29 is 4.39 Å². The first-order chi connectivity index (χ1) is 9.70. The lowest BCUT2D eigenvalue weighted by Gasteiger charge is -2.18. The summed E-state index contributed by atoms with van der Waals surface area (Å²) < 4.78 is 13.0. The minimum atomic E-state index is -0.330. The smallest absolute Gasteiger partial charge is 0.141 e. The molecule has 0 aromatic carbocycles. The van der Waals surface area contributed by atoms with Crippen molar-refractivity contribution in [2.24, 2.45) is 0 Å². The lowest BCUT2D eigenvalue weighted by atomic mass is 10.0. The molecule has 20 heavy (non-hydrogen) atoms. The van der Waals surface area contributed by atoms with Crippen LogP contribution in [-0.4, -0.2) is 16.5 Å². The minimum absolute atomic E-state index is 0.00190. The van der Waals surface area contributed by atoms with Crippen molar-refractivity contribution in [1.82, 2.24) is 15.3 Å². The third kappa shape index (κ3) is 3.74. The molecule has 0 amide bonds. The van der Waals surface area contributed by atoms with Crippen molar-refractivity contribution in [1.29, 1.82) is 0 Å². The van der Waals surface area contributed by atoms with Gasteiger partial charge in [0.1, 0.15) is 5.82 Å². The quantitative estimate of drug-likeness (QED) is 0.849. The van der Waals surface area contributed by atoms with Gasteiger partial charge in [-0.15, -0.1) is 0 Å². The molecule has 1 atom stereocenters. The van der Waals surface area contributed by atoms with E-state index in [1.165, 1.54) is 12.3 Å². The van der Waals surface area contributed by atoms with Gasteiger partial charge in [-0.1, -0.05) is 6.92 Å². The van der Waals surface area contributed by atoms with E-state index in [1.54, 1.807) is 24.5 Å². The Labute approximate surface area is 118 Å². The van der Waals surface area contributed by atoms with E-state index < -0.39 is 0 Å². The number of halogens is 1. The van der Waals surface area contributed by atoms with Crippen molar-refractivity contribution in [2.75, 3.05) is 12.3 Å². The second-order valence-corrected chi connectivity index (χ2v) is 4.69. The molecule has 3 N–H and O–H groups in total. The van der Waals surface area contributed by atoms with Crippen LogP contribution < -0.4 is 11.1 Å². The summed E-state index contributed by atoms with van der Waals surface area (Å²) >= 11 is 0. The summed E-state index contributed by atoms with van der Waals surface area (Å²) in [6.07, 6.45) is 6.37. The van der Waals surface area contributed by atoms with Crippen LogP contribution in [0.2, 0.25) is 0 Å². The molecule has 2 rings (SSSR count). The molecule has 2 aromatic rings. The van der Waals surface area contributed by atoms with Gasteiger partial charge in [0.2, 0.25) is 0 Å². The summed E-state index contributed by atoms with van der Waals surface area (Å²) in [6.45, 7) is 2.96. The maximum absolute atomic E-state index is 13.0. The van der Waals surface area contributed by atoms with E-state index in [2.05, 4.69) is 22.2 Å². The van der Waals surface area contributed by atoms with E-state index in [9.17, 15) is 4.39 Å². The van der Waals surface area contributed by atoms with Crippen LogP contribution >= 0.6 is 0 Å². The topological polar surface area (TPSA) is 63.8 Å². The van der Waals surface area contributed by atoms with E-state index in [-0.39, 0.29) is 11.9 Å². The molecule has 0 aliphatic heterocycles. The molecular formula is C15H19FN4. The fourth-order valence-electron chi connectivity index (χ4n) is 2.02. The Bertz CT molecular complexity index is 542. The highest BCUT2D eigenvalue weighted by Gasteiger charge is 2.14. The van der Waals surface area contributed by atoms with Gasteiger partial charge in [0.05, 0.1) is 17.9 Å². The average Bonchev–Trinajstić information content (AvgIpc) is 2.46. The Hall–Kier alpha value is -2.01. The van der Waals surface area contributed by atoms with Crippen LogP contribution in [0.1, 0.15) is 30.6 Å². The van der Waals surface area contributed by atoms with Gasteiger partial charge < -0.3 is 11.1 Å². The highest BCUT2D eigenvalue weighted by atomic mass is 19.1. The zero-order valence-corrected chi connectivity index (χ0v) is 11.5. The van der Waals surface area contributed by atoms with E-state index >= 15 is 0 Å². The predicted octanol–water partition coefficient (Wildman–Crippen LogP) is 2.48. The van der Waals surface area contributed by atoms with Crippen LogP contribution in [-0.2, 0) is 6.42 Å². The molecule has 2 heterocycles. The average molecular weight is 274 g/mol. The van der Waals surface area contributed by atoms with Gasteiger partial charge >= 0.3 is 0 Å². The Morgan fingerprint density at radius 1 is 1.30 bits per heavy atom. The number of nitrogens with one attached hydrogen (secondary N) is 1. The molecule has 0 saturated carbocycles. The molecule has 0 saturated heterocycles. The molecule has 0 aliphatic rings. The maximum Gasteiger partial charge on any atom is 0.141 e. The van der Waals surface area contributed by atoms with Gasteiger partial charge in [-0.25, -0.2) is 4.39 Å². The lowest BCUT2D eigenvalue weighted by molar-refractivity contribution is 0.514. The highest BCUT2D eigenvalue weighted by molar-refractivity contribution is 5.45. The van der Waals surface area contributed by atoms with Crippen LogP contribution in [0, 0.1) is 5.82 Å². The largest absolute Gasteiger partial charge is 0.398 e. The Kier molecular flexibility index (Phi) is 5.01. The molecule has 0 spiro atoms. The SMILES string of the molecule is CCCNC(Cc1cnccc1N)c1ccc(F)cn1. The molecule has 1 unspecified atom stereocenters. The summed E-state index contributed by atoms with van der Waals surface area (Å²) in [4.78, 5) is 8.26. The minimum Gasteiger partial charge on any atom is -0.398 e. The van der Waals surface area contributed by atoms with Crippen molar-refractivity contribution >= 4 is 5.69 Å². The molecule has 5 heteroatoms. The summed E-state index contributed by atoms with van der Waals surface area (Å²) in [5.74, 6) is -0.330. The van der Waals surface area contributed by atoms with Crippen molar-refractivity contribution in [3.63, 3.8) is 0 Å². The van der Waals surface area contributed by atoms with Gasteiger partial charge in [0.15, 0.2) is 0 Å². The summed E-state index contributed by atoms with van der Waals surface area (Å²) in [5.41, 5.74) is 8.44. The van der Waals surface area contributed by atoms with E-state index in [0.29, 0.717) is 12.1 Å². The van der Waals surface area contributed by atoms with Crippen molar-refractivity contribution in [2.45, 2.75) is 25.8 Å². The second kappa shape index (κ2) is 6.96. The first-order valence-corrected chi connectivity index (χ1v) is 6.74. The first-order valence-electron chi connectivity index (χ1n) is 6.74. The second-order valence-electron chi connectivity index (χ2n) is 4.69. The number of nitrogen functional groups attached to an aromatic ring is 1. The molecule has 2 aromatic heterocycles. The standard InChI is InChI=1S/C15H19FN4/c1-2-6-19-15(14-4-3-12(16)10-20-14)8-11-9-18-7-5-13(11)17/h3-5,7,9-10,15,19H,2,6,8H2,1H3,(H2,17,18). The highest BCUT2D eigenvalue weighted by Crippen LogP contribution is 2.20. The molecule has 106 valence electrons. The van der Waals surface area contributed by atoms with E-state index in [4.69, 9.17) is 5.73 Å². The van der Waals surface area contributed by atoms with E-state index in [1.807, 2.05) is 0 Å². The molecule has 0 radical (unpaired) electrons. The van der Waals surface area contributed by atoms with Crippen LogP contribution in [0.3, 0.4) is 0 Å². The number of rotatable bonds is 6. The monoisotopic (exact) mass is 274 g/mol. The van der Waals surface area contributed by atoms with Gasteiger partial charge in [0, 0.05) is 18.1 Å². The molecular weight excluding hydrogens is 255 g/mol. The Morgan fingerprint density at radius 3 is 2.80 bits per heavy atom. The molecule has 4 nitrogen and oxygen atoms in total. The fraction of sp³-hybridized carbons (Fsp3) is 0.333. The van der Waals surface area contributed by atoms with Gasteiger partial charge in [-0.2, -0.15) is 0 Å². The number of aromatic nitrogens is 2. The zero-order chi connectivity index (χ0) is 14.4. The third-order valence-corrected chi connectivity index (χ3v) is 3.11. The van der Waals surface area contributed by atoms with Gasteiger partial charge in [-0.3, -0.25) is 9.97 Å². The fourth-order valence-corrected chi connectivity index (χ4v) is 2.02.